The van der Waals surface area contributed by atoms with E-state index in [2.05, 4.69) is 0 Å². The minimum atomic E-state index is -3.80. The molecule has 0 amide bonds. The first-order chi connectivity index (χ1) is 13.8. The van der Waals surface area contributed by atoms with Crippen LogP contribution in [0.2, 0.25) is 5.02 Å². The molecule has 154 valence electrons. The second kappa shape index (κ2) is 9.04. The second-order valence-corrected chi connectivity index (χ2v) is 8.78. The minimum absolute atomic E-state index is 0.0373. The van der Waals surface area contributed by atoms with Crippen LogP contribution in [0.4, 0.5) is 0 Å². The summed E-state index contributed by atoms with van der Waals surface area (Å²) in [4.78, 5) is 24.9. The molecule has 1 atom stereocenters. The molecule has 0 saturated carbocycles. The van der Waals surface area contributed by atoms with Gasteiger partial charge in [-0.1, -0.05) is 41.9 Å². The van der Waals surface area contributed by atoms with Crippen molar-refractivity contribution in [2.45, 2.75) is 17.9 Å². The van der Waals surface area contributed by atoms with E-state index in [4.69, 9.17) is 21.1 Å². The third kappa shape index (κ3) is 4.84. The van der Waals surface area contributed by atoms with Gasteiger partial charge in [-0.2, -0.15) is 4.31 Å². The first-order valence-electron chi connectivity index (χ1n) is 8.98. The molecule has 1 saturated heterocycles. The molecule has 2 aromatic carbocycles. The van der Waals surface area contributed by atoms with E-state index < -0.39 is 22.1 Å². The Labute approximate surface area is 174 Å². The highest BCUT2D eigenvalue weighted by Crippen LogP contribution is 2.25. The number of ether oxygens (including phenoxy) is 2. The van der Waals surface area contributed by atoms with Crippen LogP contribution in [-0.4, -0.2) is 56.9 Å². The van der Waals surface area contributed by atoms with Crippen LogP contribution in [-0.2, 0) is 19.5 Å². The molecule has 0 bridgehead atoms. The van der Waals surface area contributed by atoms with Gasteiger partial charge in [-0.25, -0.2) is 13.2 Å². The largest absolute Gasteiger partial charge is 0.451 e. The zero-order chi connectivity index (χ0) is 21.0. The summed E-state index contributed by atoms with van der Waals surface area (Å²) in [6.07, 6.45) is -1.06. The molecule has 0 radical (unpaired) electrons. The molecule has 0 aliphatic carbocycles. The van der Waals surface area contributed by atoms with Crippen LogP contribution >= 0.6 is 11.6 Å². The van der Waals surface area contributed by atoms with Gasteiger partial charge in [0.05, 0.1) is 28.7 Å². The number of morpholine rings is 1. The van der Waals surface area contributed by atoms with Crippen molar-refractivity contribution < 1.29 is 27.5 Å². The lowest BCUT2D eigenvalue weighted by Crippen LogP contribution is -2.40. The van der Waals surface area contributed by atoms with Crippen LogP contribution in [0.5, 0.6) is 0 Å². The minimum Gasteiger partial charge on any atom is -0.451 e. The third-order valence-electron chi connectivity index (χ3n) is 4.48. The maximum Gasteiger partial charge on any atom is 0.340 e. The summed E-state index contributed by atoms with van der Waals surface area (Å²) in [5, 5.41) is 0.0373. The van der Waals surface area contributed by atoms with Gasteiger partial charge in [0.2, 0.25) is 15.8 Å². The molecule has 7 nitrogen and oxygen atoms in total. The van der Waals surface area contributed by atoms with Crippen molar-refractivity contribution in [3.05, 3.63) is 64.7 Å². The highest BCUT2D eigenvalue weighted by Gasteiger charge is 2.28. The molecule has 1 heterocycles. The molecular weight excluding hydrogens is 418 g/mol. The predicted molar refractivity (Wildman–Crippen MR) is 107 cm³/mol. The maximum absolute atomic E-state index is 12.8. The average molecular weight is 438 g/mol. The summed E-state index contributed by atoms with van der Waals surface area (Å²) >= 11 is 6.09. The number of hydrogen-bond acceptors (Lipinski definition) is 6. The number of rotatable bonds is 6. The standard InChI is InChI=1S/C20H20ClNO6S/c1-14(19(23)15-5-3-2-4-6-15)28-20(24)17-13-16(7-8-18(17)21)29(25,26)22-9-11-27-12-10-22/h2-8,13-14H,9-12H2,1H3. The van der Waals surface area contributed by atoms with E-state index in [9.17, 15) is 18.0 Å². The van der Waals surface area contributed by atoms with Crippen molar-refractivity contribution in [3.8, 4) is 0 Å². The second-order valence-electron chi connectivity index (χ2n) is 6.44. The maximum atomic E-state index is 12.8. The smallest absolute Gasteiger partial charge is 0.340 e. The number of halogens is 1. The quantitative estimate of drug-likeness (QED) is 0.510. The van der Waals surface area contributed by atoms with Gasteiger partial charge in [0.1, 0.15) is 0 Å². The molecule has 1 unspecified atom stereocenters. The zero-order valence-electron chi connectivity index (χ0n) is 15.7. The topological polar surface area (TPSA) is 90.0 Å². The van der Waals surface area contributed by atoms with Crippen LogP contribution < -0.4 is 0 Å². The zero-order valence-corrected chi connectivity index (χ0v) is 17.3. The molecule has 29 heavy (non-hydrogen) atoms. The van der Waals surface area contributed by atoms with Crippen molar-refractivity contribution in [3.63, 3.8) is 0 Å². The van der Waals surface area contributed by atoms with Gasteiger partial charge >= 0.3 is 5.97 Å². The highest BCUT2D eigenvalue weighted by atomic mass is 35.5. The van der Waals surface area contributed by atoms with Crippen molar-refractivity contribution >= 4 is 33.4 Å². The number of nitrogens with zero attached hydrogens (tertiary/aromatic N) is 1. The van der Waals surface area contributed by atoms with Crippen molar-refractivity contribution in [1.82, 2.24) is 4.31 Å². The van der Waals surface area contributed by atoms with Gasteiger partial charge in [0.15, 0.2) is 6.10 Å². The van der Waals surface area contributed by atoms with Crippen molar-refractivity contribution in [1.29, 1.82) is 0 Å². The van der Waals surface area contributed by atoms with Gasteiger partial charge in [0, 0.05) is 18.7 Å². The van der Waals surface area contributed by atoms with Gasteiger partial charge in [-0.3, -0.25) is 4.79 Å². The third-order valence-corrected chi connectivity index (χ3v) is 6.70. The van der Waals surface area contributed by atoms with Gasteiger partial charge in [-0.05, 0) is 25.1 Å². The number of sulfonamides is 1. The fourth-order valence-corrected chi connectivity index (χ4v) is 4.50. The fraction of sp³-hybridized carbons (Fsp3) is 0.300. The number of hydrogen-bond donors (Lipinski definition) is 0. The summed E-state index contributed by atoms with van der Waals surface area (Å²) in [5.74, 6) is -1.24. The molecular formula is C20H20ClNO6S. The first kappa shape index (κ1) is 21.4. The summed E-state index contributed by atoms with van der Waals surface area (Å²) in [6, 6.07) is 12.3. The molecule has 0 spiro atoms. The number of ketones is 1. The molecule has 2 aromatic rings. The van der Waals surface area contributed by atoms with E-state index in [-0.39, 0.29) is 34.4 Å². The highest BCUT2D eigenvalue weighted by molar-refractivity contribution is 7.89. The van der Waals surface area contributed by atoms with E-state index in [1.54, 1.807) is 30.3 Å². The molecule has 0 aromatic heterocycles. The van der Waals surface area contributed by atoms with E-state index in [0.717, 1.165) is 0 Å². The van der Waals surface area contributed by atoms with Crippen LogP contribution in [0.3, 0.4) is 0 Å². The molecule has 1 aliphatic heterocycles. The van der Waals surface area contributed by atoms with Crippen LogP contribution in [0.15, 0.2) is 53.4 Å². The van der Waals surface area contributed by atoms with Crippen molar-refractivity contribution in [2.75, 3.05) is 26.3 Å². The lowest BCUT2D eigenvalue weighted by Gasteiger charge is -2.26. The lowest BCUT2D eigenvalue weighted by atomic mass is 10.1. The molecule has 0 N–H and O–H groups in total. The lowest BCUT2D eigenvalue weighted by molar-refractivity contribution is 0.0318. The number of carbonyl (C=O) groups excluding carboxylic acids is 2. The van der Waals surface area contributed by atoms with Gasteiger partial charge in [0.25, 0.3) is 0 Å². The monoisotopic (exact) mass is 437 g/mol. The van der Waals surface area contributed by atoms with E-state index in [1.165, 1.54) is 29.4 Å². The Kier molecular flexibility index (Phi) is 6.69. The van der Waals surface area contributed by atoms with Gasteiger partial charge in [-0.15, -0.1) is 0 Å². The Balaban J connectivity index is 1.80. The molecule has 3 rings (SSSR count). The molecule has 1 aliphatic rings. The van der Waals surface area contributed by atoms with Gasteiger partial charge < -0.3 is 9.47 Å². The summed E-state index contributed by atoms with van der Waals surface area (Å²) < 4.78 is 37.3. The molecule has 9 heteroatoms. The van der Waals surface area contributed by atoms with Crippen LogP contribution in [0, 0.1) is 0 Å². The molecule has 1 fully saturated rings. The fourth-order valence-electron chi connectivity index (χ4n) is 2.87. The Morgan fingerprint density at radius 2 is 1.76 bits per heavy atom. The van der Waals surface area contributed by atoms with E-state index in [1.807, 2.05) is 0 Å². The first-order valence-corrected chi connectivity index (χ1v) is 10.8. The number of Topliss-reactive ketones (excluding diaryl/α,β-unsaturated/α-hetero) is 1. The summed E-state index contributed by atoms with van der Waals surface area (Å²) in [5.41, 5.74) is 0.288. The Morgan fingerprint density at radius 3 is 2.41 bits per heavy atom. The number of carbonyl (C=O) groups is 2. The van der Waals surface area contributed by atoms with Crippen LogP contribution in [0.1, 0.15) is 27.6 Å². The van der Waals surface area contributed by atoms with E-state index in [0.29, 0.717) is 18.8 Å². The summed E-state index contributed by atoms with van der Waals surface area (Å²) in [7, 11) is -3.80. The number of esters is 1. The van der Waals surface area contributed by atoms with E-state index >= 15 is 0 Å². The Bertz CT molecular complexity index is 1000. The van der Waals surface area contributed by atoms with Crippen LogP contribution in [0.25, 0.3) is 0 Å². The average Bonchev–Trinajstić information content (AvgIpc) is 2.74. The Morgan fingerprint density at radius 1 is 1.10 bits per heavy atom. The van der Waals surface area contributed by atoms with Crippen molar-refractivity contribution in [2.24, 2.45) is 0 Å². The summed E-state index contributed by atoms with van der Waals surface area (Å²) in [6.45, 7) is 2.53. The normalized spacial score (nSPS) is 16.2. The Hall–Kier alpha value is -2.26. The SMILES string of the molecule is CC(OC(=O)c1cc(S(=O)(=O)N2CCOCC2)ccc1Cl)C(=O)c1ccccc1. The number of benzene rings is 2. The predicted octanol–water partition coefficient (Wildman–Crippen LogP) is 2.79.